The van der Waals surface area contributed by atoms with Gasteiger partial charge in [0.1, 0.15) is 0 Å². The summed E-state index contributed by atoms with van der Waals surface area (Å²) in [6.45, 7) is 5.71. The number of amides is 1. The van der Waals surface area contributed by atoms with E-state index in [1.165, 1.54) is 6.42 Å². The molecule has 4 nitrogen and oxygen atoms in total. The molecule has 104 valence electrons. The van der Waals surface area contributed by atoms with Gasteiger partial charge in [0.2, 0.25) is 5.91 Å². The number of carbonyl (C=O) groups is 1. The van der Waals surface area contributed by atoms with Crippen LogP contribution in [0.2, 0.25) is 0 Å². The zero-order valence-corrected chi connectivity index (χ0v) is 11.6. The van der Waals surface area contributed by atoms with E-state index in [4.69, 9.17) is 0 Å². The first-order valence-corrected chi connectivity index (χ1v) is 7.08. The maximum atomic E-state index is 11.9. The summed E-state index contributed by atoms with van der Waals surface area (Å²) in [6, 6.07) is 10.1. The second kappa shape index (κ2) is 7.14. The number of rotatable bonds is 5. The molecule has 0 radical (unpaired) electrons. The molecule has 1 aliphatic rings. The van der Waals surface area contributed by atoms with Gasteiger partial charge in [-0.05, 0) is 38.1 Å². The molecule has 1 amide bonds. The first kappa shape index (κ1) is 13.9. The van der Waals surface area contributed by atoms with E-state index in [0.717, 1.165) is 31.7 Å². The Labute approximate surface area is 115 Å². The highest BCUT2D eigenvalue weighted by Crippen LogP contribution is 2.09. The summed E-state index contributed by atoms with van der Waals surface area (Å²) in [5, 5.41) is 6.24. The first-order chi connectivity index (χ1) is 9.28. The van der Waals surface area contributed by atoms with Crippen molar-refractivity contribution >= 4 is 11.6 Å². The Bertz CT molecular complexity index is 394. The van der Waals surface area contributed by atoms with Gasteiger partial charge in [-0.2, -0.15) is 0 Å². The van der Waals surface area contributed by atoms with Gasteiger partial charge in [-0.25, -0.2) is 0 Å². The van der Waals surface area contributed by atoms with Crippen molar-refractivity contribution in [3.63, 3.8) is 0 Å². The van der Waals surface area contributed by atoms with Gasteiger partial charge in [-0.3, -0.25) is 4.79 Å². The second-order valence-corrected chi connectivity index (χ2v) is 5.02. The van der Waals surface area contributed by atoms with E-state index in [1.807, 2.05) is 30.3 Å². The number of hydrogen-bond donors (Lipinski definition) is 2. The molecule has 19 heavy (non-hydrogen) atoms. The van der Waals surface area contributed by atoms with Crippen LogP contribution in [-0.2, 0) is 4.79 Å². The highest BCUT2D eigenvalue weighted by atomic mass is 16.2. The Morgan fingerprint density at radius 3 is 2.89 bits per heavy atom. The van der Waals surface area contributed by atoms with E-state index >= 15 is 0 Å². The molecule has 4 heteroatoms. The van der Waals surface area contributed by atoms with Crippen molar-refractivity contribution in [2.24, 2.45) is 0 Å². The molecule has 1 atom stereocenters. The van der Waals surface area contributed by atoms with E-state index in [9.17, 15) is 4.79 Å². The molecule has 0 saturated carbocycles. The summed E-state index contributed by atoms with van der Waals surface area (Å²) in [5.41, 5.74) is 0.983. The maximum absolute atomic E-state index is 11.9. The third-order valence-electron chi connectivity index (χ3n) is 3.54. The molecule has 0 bridgehead atoms. The Morgan fingerprint density at radius 1 is 1.37 bits per heavy atom. The fourth-order valence-corrected chi connectivity index (χ4v) is 2.48. The number of anilines is 1. The summed E-state index contributed by atoms with van der Waals surface area (Å²) in [5.74, 6) is 0.0757. The number of carbonyl (C=O) groups excluding carboxylic acids is 1. The van der Waals surface area contributed by atoms with Crippen LogP contribution < -0.4 is 10.6 Å². The molecular weight excluding hydrogens is 238 g/mol. The lowest BCUT2D eigenvalue weighted by Gasteiger charge is -2.32. The first-order valence-electron chi connectivity index (χ1n) is 7.08. The molecule has 2 N–H and O–H groups in total. The van der Waals surface area contributed by atoms with E-state index in [2.05, 4.69) is 22.5 Å². The average Bonchev–Trinajstić information content (AvgIpc) is 2.46. The van der Waals surface area contributed by atoms with Crippen LogP contribution in [0.4, 0.5) is 5.69 Å². The van der Waals surface area contributed by atoms with Gasteiger partial charge in [-0.1, -0.05) is 25.1 Å². The molecule has 0 aromatic heterocycles. The minimum absolute atomic E-state index is 0.0757. The van der Waals surface area contributed by atoms with Gasteiger partial charge >= 0.3 is 0 Å². The number of piperidine rings is 1. The number of nitrogens with zero attached hydrogens (tertiary/aromatic N) is 1. The smallest absolute Gasteiger partial charge is 0.239 e. The van der Waals surface area contributed by atoms with E-state index in [1.54, 1.807) is 0 Å². The number of likely N-dealkylation sites (N-methyl/N-ethyl adjacent to an activating group) is 1. The van der Waals surface area contributed by atoms with Crippen LogP contribution in [0, 0.1) is 0 Å². The average molecular weight is 261 g/mol. The van der Waals surface area contributed by atoms with Gasteiger partial charge < -0.3 is 15.5 Å². The summed E-state index contributed by atoms with van der Waals surface area (Å²) >= 11 is 0. The number of likely N-dealkylation sites (tertiary alicyclic amines) is 1. The van der Waals surface area contributed by atoms with Crippen LogP contribution in [0.3, 0.4) is 0 Å². The minimum Gasteiger partial charge on any atom is -0.376 e. The van der Waals surface area contributed by atoms with Gasteiger partial charge in [0.05, 0.1) is 6.54 Å². The fraction of sp³-hybridized carbons (Fsp3) is 0.533. The third kappa shape index (κ3) is 4.56. The number of hydrogen-bond acceptors (Lipinski definition) is 3. The lowest BCUT2D eigenvalue weighted by atomic mass is 10.1. The Hall–Kier alpha value is -1.55. The minimum atomic E-state index is 0.0757. The Morgan fingerprint density at radius 2 is 2.16 bits per heavy atom. The normalized spacial score (nSPS) is 19.9. The van der Waals surface area contributed by atoms with Crippen molar-refractivity contribution in [3.05, 3.63) is 30.3 Å². The maximum Gasteiger partial charge on any atom is 0.239 e. The zero-order chi connectivity index (χ0) is 13.5. The van der Waals surface area contributed by atoms with Crippen molar-refractivity contribution in [2.75, 3.05) is 31.5 Å². The van der Waals surface area contributed by atoms with E-state index in [-0.39, 0.29) is 5.91 Å². The lowest BCUT2D eigenvalue weighted by molar-refractivity contribution is -0.120. The molecule has 1 fully saturated rings. The van der Waals surface area contributed by atoms with Crippen LogP contribution >= 0.6 is 0 Å². The van der Waals surface area contributed by atoms with E-state index < -0.39 is 0 Å². The number of benzene rings is 1. The quantitative estimate of drug-likeness (QED) is 0.848. The van der Waals surface area contributed by atoms with E-state index in [0.29, 0.717) is 12.6 Å². The molecule has 0 aliphatic carbocycles. The standard InChI is InChI=1S/C15H23N3O/c1-2-18-10-6-9-14(12-18)17-15(19)11-16-13-7-4-3-5-8-13/h3-5,7-8,14,16H,2,6,9-12H2,1H3,(H,17,19). The van der Waals surface area contributed by atoms with Crippen molar-refractivity contribution in [2.45, 2.75) is 25.8 Å². The largest absolute Gasteiger partial charge is 0.376 e. The van der Waals surface area contributed by atoms with Crippen molar-refractivity contribution in [3.8, 4) is 0 Å². The molecule has 1 aromatic rings. The van der Waals surface area contributed by atoms with Crippen LogP contribution in [0.1, 0.15) is 19.8 Å². The van der Waals surface area contributed by atoms with Gasteiger partial charge in [0, 0.05) is 18.3 Å². The number of para-hydroxylation sites is 1. The van der Waals surface area contributed by atoms with Crippen molar-refractivity contribution < 1.29 is 4.79 Å². The molecular formula is C15H23N3O. The van der Waals surface area contributed by atoms with Crippen LogP contribution in [0.5, 0.6) is 0 Å². The molecule has 0 spiro atoms. The third-order valence-corrected chi connectivity index (χ3v) is 3.54. The topological polar surface area (TPSA) is 44.4 Å². The Balaban J connectivity index is 1.72. The Kier molecular flexibility index (Phi) is 5.21. The monoisotopic (exact) mass is 261 g/mol. The predicted molar refractivity (Wildman–Crippen MR) is 78.2 cm³/mol. The lowest BCUT2D eigenvalue weighted by Crippen LogP contribution is -2.48. The van der Waals surface area contributed by atoms with Crippen LogP contribution in [0.15, 0.2) is 30.3 Å². The predicted octanol–water partition coefficient (Wildman–Crippen LogP) is 1.70. The fourth-order valence-electron chi connectivity index (χ4n) is 2.48. The van der Waals surface area contributed by atoms with Crippen LogP contribution in [-0.4, -0.2) is 43.0 Å². The molecule has 2 rings (SSSR count). The van der Waals surface area contributed by atoms with Crippen molar-refractivity contribution in [1.82, 2.24) is 10.2 Å². The summed E-state index contributed by atoms with van der Waals surface area (Å²) in [7, 11) is 0. The molecule has 1 heterocycles. The molecule has 1 aromatic carbocycles. The molecule has 1 saturated heterocycles. The van der Waals surface area contributed by atoms with Crippen LogP contribution in [0.25, 0.3) is 0 Å². The highest BCUT2D eigenvalue weighted by Gasteiger charge is 2.19. The summed E-state index contributed by atoms with van der Waals surface area (Å²) in [6.07, 6.45) is 2.26. The zero-order valence-electron chi connectivity index (χ0n) is 11.6. The van der Waals surface area contributed by atoms with Gasteiger partial charge in [0.15, 0.2) is 0 Å². The number of nitrogens with one attached hydrogen (secondary N) is 2. The summed E-state index contributed by atoms with van der Waals surface area (Å²) < 4.78 is 0. The van der Waals surface area contributed by atoms with Crippen molar-refractivity contribution in [1.29, 1.82) is 0 Å². The SMILES string of the molecule is CCN1CCCC(NC(=O)CNc2ccccc2)C1. The molecule has 1 unspecified atom stereocenters. The summed E-state index contributed by atoms with van der Waals surface area (Å²) in [4.78, 5) is 14.3. The highest BCUT2D eigenvalue weighted by molar-refractivity contribution is 5.80. The second-order valence-electron chi connectivity index (χ2n) is 5.02. The van der Waals surface area contributed by atoms with Gasteiger partial charge in [-0.15, -0.1) is 0 Å². The molecule has 1 aliphatic heterocycles. The van der Waals surface area contributed by atoms with Gasteiger partial charge in [0.25, 0.3) is 0 Å².